The monoisotopic (exact) mass is 411 g/mol. The van der Waals surface area contributed by atoms with Crippen LogP contribution >= 0.6 is 0 Å². The lowest BCUT2D eigenvalue weighted by atomic mass is 9.83. The topological polar surface area (TPSA) is 165 Å². The molecule has 11 heteroatoms. The molecule has 0 bridgehead atoms. The maximum Gasteiger partial charge on any atom is 0.226 e. The molecule has 0 saturated carbocycles. The van der Waals surface area contributed by atoms with Gasteiger partial charge in [-0.25, -0.2) is 0 Å². The Hall–Kier alpha value is -2.81. The van der Waals surface area contributed by atoms with Crippen molar-refractivity contribution in [3.63, 3.8) is 0 Å². The summed E-state index contributed by atoms with van der Waals surface area (Å²) in [4.78, 5) is 48.2. The fraction of sp³-hybridized carbons (Fsp3) is 0.778. The first-order valence-electron chi connectivity index (χ1n) is 9.76. The highest BCUT2D eigenvalue weighted by Crippen LogP contribution is 2.25. The first-order chi connectivity index (χ1) is 13.7. The zero-order chi connectivity index (χ0) is 22.1. The minimum atomic E-state index is -0.600. The lowest BCUT2D eigenvalue weighted by Crippen LogP contribution is -2.50. The van der Waals surface area contributed by atoms with Crippen LogP contribution < -0.4 is 21.3 Å². The maximum atomic E-state index is 12.3. The minimum absolute atomic E-state index is 0.126. The highest BCUT2D eigenvalue weighted by atomic mass is 16.2. The number of hydrogen-bond donors (Lipinski definition) is 4. The fourth-order valence-electron chi connectivity index (χ4n) is 3.07. The molecule has 0 aromatic rings. The Morgan fingerprint density at radius 2 is 1.17 bits per heavy atom. The summed E-state index contributed by atoms with van der Waals surface area (Å²) in [5.74, 6) is -0.765. The first kappa shape index (κ1) is 26.2. The molecule has 29 heavy (non-hydrogen) atoms. The number of carbonyl (C=O) groups excluding carboxylic acids is 4. The van der Waals surface area contributed by atoms with Gasteiger partial charge in [0.15, 0.2) is 0 Å². The molecule has 0 aliphatic heterocycles. The van der Waals surface area contributed by atoms with E-state index in [9.17, 15) is 19.2 Å². The average molecular weight is 412 g/mol. The van der Waals surface area contributed by atoms with Crippen molar-refractivity contribution in [1.82, 2.24) is 21.3 Å². The number of nitrogens with zero attached hydrogens (tertiary/aromatic N) is 3. The van der Waals surface area contributed by atoms with Crippen LogP contribution in [0.2, 0.25) is 0 Å². The van der Waals surface area contributed by atoms with Gasteiger partial charge in [-0.3, -0.25) is 19.2 Å². The molecule has 0 spiro atoms. The van der Waals surface area contributed by atoms with E-state index in [4.69, 9.17) is 5.53 Å². The third-order valence-electron chi connectivity index (χ3n) is 4.30. The molecule has 0 aromatic carbocycles. The molecular weight excluding hydrogens is 378 g/mol. The van der Waals surface area contributed by atoms with E-state index in [0.717, 1.165) is 0 Å². The summed E-state index contributed by atoms with van der Waals surface area (Å²) in [5.41, 5.74) is 7.85. The van der Waals surface area contributed by atoms with Crippen LogP contribution in [0, 0.1) is 0 Å². The Balaban J connectivity index is 5.16. The van der Waals surface area contributed by atoms with E-state index in [0.29, 0.717) is 58.2 Å². The van der Waals surface area contributed by atoms with Gasteiger partial charge in [-0.2, -0.15) is 0 Å². The summed E-state index contributed by atoms with van der Waals surface area (Å²) in [6.07, 6.45) is 3.70. The van der Waals surface area contributed by atoms with Crippen LogP contribution in [-0.2, 0) is 19.2 Å². The molecule has 0 aromatic heterocycles. The lowest BCUT2D eigenvalue weighted by Gasteiger charge is -2.36. The van der Waals surface area contributed by atoms with E-state index in [1.807, 2.05) is 0 Å². The van der Waals surface area contributed by atoms with Crippen LogP contribution in [0.5, 0.6) is 0 Å². The quantitative estimate of drug-likeness (QED) is 0.136. The number of rotatable bonds is 15. The lowest BCUT2D eigenvalue weighted by molar-refractivity contribution is -0.122. The third kappa shape index (κ3) is 14.9. The van der Waals surface area contributed by atoms with Crippen LogP contribution in [0.15, 0.2) is 5.11 Å². The fourth-order valence-corrected chi connectivity index (χ4v) is 3.07. The largest absolute Gasteiger partial charge is 0.356 e. The van der Waals surface area contributed by atoms with E-state index < -0.39 is 5.54 Å². The van der Waals surface area contributed by atoms with Gasteiger partial charge in [-0.1, -0.05) is 5.11 Å². The van der Waals surface area contributed by atoms with Gasteiger partial charge in [0.05, 0.1) is 0 Å². The van der Waals surface area contributed by atoms with Crippen LogP contribution in [0.25, 0.3) is 10.4 Å². The standard InChI is InChI=1S/C18H33N7O4/c1-14(26)20-10-4-7-18(8-5-11-21-15(2)27,9-6-12-22-16(3)28)24-17(29)13-23-25-19/h4-13H2,1-3H3,(H,20,26)(H,21,27)(H,22,28)(H,24,29). The molecular formula is C18H33N7O4. The SMILES string of the molecule is CC(=O)NCCCC(CCCNC(C)=O)(CCCNC(C)=O)NC(=O)CN=[N+]=[N-]. The predicted octanol–water partition coefficient (Wildman–Crippen LogP) is 0.901. The Bertz CT molecular complexity index is 548. The summed E-state index contributed by atoms with van der Waals surface area (Å²) >= 11 is 0. The van der Waals surface area contributed by atoms with Gasteiger partial charge in [-0.15, -0.1) is 0 Å². The van der Waals surface area contributed by atoms with Gasteiger partial charge >= 0.3 is 0 Å². The van der Waals surface area contributed by atoms with Gasteiger partial charge < -0.3 is 21.3 Å². The molecule has 0 aliphatic carbocycles. The molecule has 0 heterocycles. The molecule has 0 radical (unpaired) electrons. The Kier molecular flexibility index (Phi) is 13.7. The van der Waals surface area contributed by atoms with E-state index in [1.54, 1.807) is 0 Å². The van der Waals surface area contributed by atoms with Crippen molar-refractivity contribution < 1.29 is 19.2 Å². The number of amides is 4. The van der Waals surface area contributed by atoms with Crippen molar-refractivity contribution in [2.24, 2.45) is 5.11 Å². The molecule has 4 amide bonds. The molecule has 4 N–H and O–H groups in total. The highest BCUT2D eigenvalue weighted by Gasteiger charge is 2.30. The summed E-state index contributed by atoms with van der Waals surface area (Å²) in [6.45, 7) is 5.44. The van der Waals surface area contributed by atoms with Crippen molar-refractivity contribution in [3.05, 3.63) is 10.4 Å². The zero-order valence-electron chi connectivity index (χ0n) is 17.5. The van der Waals surface area contributed by atoms with Crippen molar-refractivity contribution in [1.29, 1.82) is 0 Å². The predicted molar refractivity (Wildman–Crippen MR) is 109 cm³/mol. The Morgan fingerprint density at radius 3 is 1.48 bits per heavy atom. The van der Waals surface area contributed by atoms with Crippen molar-refractivity contribution in [2.75, 3.05) is 26.2 Å². The van der Waals surface area contributed by atoms with E-state index in [-0.39, 0.29) is 30.2 Å². The van der Waals surface area contributed by atoms with Crippen LogP contribution in [0.3, 0.4) is 0 Å². The zero-order valence-corrected chi connectivity index (χ0v) is 17.5. The first-order valence-corrected chi connectivity index (χ1v) is 9.76. The summed E-state index contributed by atoms with van der Waals surface area (Å²) in [7, 11) is 0. The van der Waals surface area contributed by atoms with Crippen molar-refractivity contribution in [2.45, 2.75) is 64.8 Å². The van der Waals surface area contributed by atoms with Crippen molar-refractivity contribution >= 4 is 23.6 Å². The molecule has 0 atom stereocenters. The van der Waals surface area contributed by atoms with Gasteiger partial charge in [-0.05, 0) is 44.1 Å². The Morgan fingerprint density at radius 1 is 0.793 bits per heavy atom. The smallest absolute Gasteiger partial charge is 0.226 e. The molecule has 0 rings (SSSR count). The van der Waals surface area contributed by atoms with Crippen molar-refractivity contribution in [3.8, 4) is 0 Å². The van der Waals surface area contributed by atoms with Crippen LogP contribution in [0.4, 0.5) is 0 Å². The van der Waals surface area contributed by atoms with Gasteiger partial charge in [0, 0.05) is 50.9 Å². The summed E-state index contributed by atoms with van der Waals surface area (Å²) < 4.78 is 0. The number of azide groups is 1. The summed E-state index contributed by atoms with van der Waals surface area (Å²) in [5, 5.41) is 14.5. The van der Waals surface area contributed by atoms with E-state index in [2.05, 4.69) is 31.3 Å². The van der Waals surface area contributed by atoms with E-state index >= 15 is 0 Å². The number of hydrogen-bond acceptors (Lipinski definition) is 5. The second kappa shape index (κ2) is 15.2. The number of nitrogens with one attached hydrogen (secondary N) is 4. The molecule has 164 valence electrons. The molecule has 0 saturated heterocycles. The van der Waals surface area contributed by atoms with Crippen LogP contribution in [-0.4, -0.2) is 55.3 Å². The minimum Gasteiger partial charge on any atom is -0.356 e. The molecule has 0 unspecified atom stereocenters. The highest BCUT2D eigenvalue weighted by molar-refractivity contribution is 5.79. The second-order valence-corrected chi connectivity index (χ2v) is 6.98. The molecule has 11 nitrogen and oxygen atoms in total. The van der Waals surface area contributed by atoms with Crippen LogP contribution in [0.1, 0.15) is 59.3 Å². The van der Waals surface area contributed by atoms with Gasteiger partial charge in [0.2, 0.25) is 23.6 Å². The van der Waals surface area contributed by atoms with E-state index in [1.165, 1.54) is 20.8 Å². The second-order valence-electron chi connectivity index (χ2n) is 6.98. The third-order valence-corrected chi connectivity index (χ3v) is 4.30. The van der Waals surface area contributed by atoms with Gasteiger partial charge in [0.25, 0.3) is 0 Å². The normalized spacial score (nSPS) is 10.4. The number of carbonyl (C=O) groups is 4. The molecule has 0 fully saturated rings. The van der Waals surface area contributed by atoms with Gasteiger partial charge in [0.1, 0.15) is 6.54 Å². The average Bonchev–Trinajstić information content (AvgIpc) is 2.64. The summed E-state index contributed by atoms with van der Waals surface area (Å²) in [6, 6.07) is 0. The molecule has 0 aliphatic rings. The maximum absolute atomic E-state index is 12.3. The Labute approximate surface area is 171 Å².